The fourth-order valence-corrected chi connectivity index (χ4v) is 1.60. The quantitative estimate of drug-likeness (QED) is 0.796. The molecule has 1 aromatic carbocycles. The summed E-state index contributed by atoms with van der Waals surface area (Å²) in [5.41, 5.74) is 0.898. The van der Waals surface area contributed by atoms with Crippen molar-refractivity contribution < 1.29 is 28.2 Å². The summed E-state index contributed by atoms with van der Waals surface area (Å²) in [7, 11) is 0. The van der Waals surface area contributed by atoms with E-state index in [1.807, 2.05) is 13.8 Å². The maximum absolute atomic E-state index is 12.0. The number of nitrogens with one attached hydrogen (secondary N) is 1. The van der Waals surface area contributed by atoms with Gasteiger partial charge in [0.05, 0.1) is 6.10 Å². The molecule has 0 aliphatic rings. The second-order valence-corrected chi connectivity index (χ2v) is 4.70. The maximum Gasteiger partial charge on any atom is 0.471 e. The average Bonchev–Trinajstić information content (AvgIpc) is 2.33. The topological polar surface area (TPSA) is 69.6 Å². The molecule has 1 unspecified atom stereocenters. The number of phenolic OH excluding ortho intramolecular Hbond substituents is 1. The minimum absolute atomic E-state index is 0.0666. The van der Waals surface area contributed by atoms with Gasteiger partial charge in [-0.1, -0.05) is 26.0 Å². The zero-order chi connectivity index (χ0) is 15.5. The fraction of sp³-hybridized carbons (Fsp3) is 0.462. The number of rotatable bonds is 4. The van der Waals surface area contributed by atoms with Crippen LogP contribution in [0.15, 0.2) is 18.2 Å². The number of benzene rings is 1. The second-order valence-electron chi connectivity index (χ2n) is 4.70. The Balaban J connectivity index is 2.73. The Hall–Kier alpha value is -1.76. The molecule has 0 aromatic heterocycles. The van der Waals surface area contributed by atoms with E-state index < -0.39 is 24.7 Å². The molecule has 0 aliphatic carbocycles. The third kappa shape index (κ3) is 4.12. The van der Waals surface area contributed by atoms with Crippen LogP contribution in [0.4, 0.5) is 13.2 Å². The van der Waals surface area contributed by atoms with E-state index in [1.165, 1.54) is 12.1 Å². The molecule has 3 N–H and O–H groups in total. The number of aliphatic hydroxyl groups excluding tert-OH is 1. The predicted molar refractivity (Wildman–Crippen MR) is 66.2 cm³/mol. The third-order valence-corrected chi connectivity index (χ3v) is 2.79. The zero-order valence-corrected chi connectivity index (χ0v) is 11.0. The first-order valence-electron chi connectivity index (χ1n) is 5.98. The van der Waals surface area contributed by atoms with Crippen molar-refractivity contribution in [2.45, 2.75) is 32.0 Å². The molecule has 0 radical (unpaired) electrons. The van der Waals surface area contributed by atoms with E-state index >= 15 is 0 Å². The molecule has 0 aliphatic heterocycles. The molecule has 0 saturated carbocycles. The van der Waals surface area contributed by atoms with Crippen molar-refractivity contribution in [3.8, 4) is 5.75 Å². The van der Waals surface area contributed by atoms with Crippen LogP contribution in [0.2, 0.25) is 0 Å². The van der Waals surface area contributed by atoms with Crippen molar-refractivity contribution in [1.29, 1.82) is 0 Å². The van der Waals surface area contributed by atoms with Crippen molar-refractivity contribution in [2.24, 2.45) is 0 Å². The Morgan fingerprint density at radius 3 is 2.40 bits per heavy atom. The van der Waals surface area contributed by atoms with E-state index in [0.717, 1.165) is 5.56 Å². The zero-order valence-electron chi connectivity index (χ0n) is 11.0. The van der Waals surface area contributed by atoms with Gasteiger partial charge in [0.1, 0.15) is 5.75 Å². The number of hydrogen-bond acceptors (Lipinski definition) is 3. The molecule has 20 heavy (non-hydrogen) atoms. The van der Waals surface area contributed by atoms with Crippen LogP contribution in [0.5, 0.6) is 5.75 Å². The van der Waals surface area contributed by atoms with Crippen LogP contribution in [0.3, 0.4) is 0 Å². The number of aliphatic hydroxyl groups is 1. The Bertz CT molecular complexity index is 486. The third-order valence-electron chi connectivity index (χ3n) is 2.79. The van der Waals surface area contributed by atoms with E-state index in [4.69, 9.17) is 0 Å². The lowest BCUT2D eigenvalue weighted by Gasteiger charge is -2.16. The van der Waals surface area contributed by atoms with Gasteiger partial charge in [-0.15, -0.1) is 0 Å². The highest BCUT2D eigenvalue weighted by Gasteiger charge is 2.38. The fourth-order valence-electron chi connectivity index (χ4n) is 1.60. The molecule has 0 fully saturated rings. The van der Waals surface area contributed by atoms with Crippen LogP contribution >= 0.6 is 0 Å². The predicted octanol–water partition coefficient (Wildman–Crippen LogP) is 2.23. The van der Waals surface area contributed by atoms with Crippen LogP contribution < -0.4 is 5.32 Å². The van der Waals surface area contributed by atoms with Crippen molar-refractivity contribution in [2.75, 3.05) is 6.54 Å². The number of amides is 1. The van der Waals surface area contributed by atoms with E-state index in [2.05, 4.69) is 0 Å². The summed E-state index contributed by atoms with van der Waals surface area (Å²) in [6, 6.07) is 4.53. The molecule has 1 atom stereocenters. The lowest BCUT2D eigenvalue weighted by molar-refractivity contribution is -0.174. The highest BCUT2D eigenvalue weighted by atomic mass is 19.4. The van der Waals surface area contributed by atoms with E-state index in [0.29, 0.717) is 0 Å². The van der Waals surface area contributed by atoms with Crippen LogP contribution in [0.1, 0.15) is 37.0 Å². The Kier molecular flexibility index (Phi) is 4.99. The molecular weight excluding hydrogens is 275 g/mol. The number of halogens is 3. The highest BCUT2D eigenvalue weighted by molar-refractivity contribution is 5.81. The van der Waals surface area contributed by atoms with Gasteiger partial charge in [0.25, 0.3) is 0 Å². The lowest BCUT2D eigenvalue weighted by Crippen LogP contribution is -2.38. The summed E-state index contributed by atoms with van der Waals surface area (Å²) in [6.07, 6.45) is -6.41. The summed E-state index contributed by atoms with van der Waals surface area (Å²) in [5.74, 6) is -2.18. The number of phenols is 1. The molecule has 1 amide bonds. The molecule has 1 rings (SSSR count). The van der Waals surface area contributed by atoms with Crippen LogP contribution in [0.25, 0.3) is 0 Å². The SMILES string of the molecule is CC(C)c1ccc(C(O)CNC(=O)C(F)(F)F)c(O)c1. The monoisotopic (exact) mass is 291 g/mol. The summed E-state index contributed by atoms with van der Waals surface area (Å²) < 4.78 is 35.9. The van der Waals surface area contributed by atoms with Gasteiger partial charge in [0.15, 0.2) is 0 Å². The van der Waals surface area contributed by atoms with Crippen molar-refractivity contribution in [3.05, 3.63) is 29.3 Å². The smallest absolute Gasteiger partial charge is 0.471 e. The second kappa shape index (κ2) is 6.13. The molecule has 112 valence electrons. The number of carbonyl (C=O) groups is 1. The van der Waals surface area contributed by atoms with E-state index in [9.17, 15) is 28.2 Å². The molecule has 4 nitrogen and oxygen atoms in total. The van der Waals surface area contributed by atoms with Gasteiger partial charge in [0, 0.05) is 12.1 Å². The Morgan fingerprint density at radius 2 is 1.95 bits per heavy atom. The molecular formula is C13H16F3NO3. The first-order valence-corrected chi connectivity index (χ1v) is 5.98. The Labute approximate surface area is 114 Å². The molecule has 0 spiro atoms. The van der Waals surface area contributed by atoms with Gasteiger partial charge in [-0.2, -0.15) is 13.2 Å². The average molecular weight is 291 g/mol. The standard InChI is InChI=1S/C13H16F3NO3/c1-7(2)8-3-4-9(10(18)5-8)11(19)6-17-12(20)13(14,15)16/h3-5,7,11,18-19H,6H2,1-2H3,(H,17,20). The number of aromatic hydroxyl groups is 1. The first-order chi connectivity index (χ1) is 9.12. The molecule has 0 heterocycles. The van der Waals surface area contributed by atoms with Gasteiger partial charge in [-0.3, -0.25) is 4.79 Å². The van der Waals surface area contributed by atoms with Gasteiger partial charge >= 0.3 is 12.1 Å². The van der Waals surface area contributed by atoms with E-state index in [-0.39, 0.29) is 17.2 Å². The number of hydrogen-bond donors (Lipinski definition) is 3. The normalized spacial score (nSPS) is 13.3. The molecule has 0 bridgehead atoms. The van der Waals surface area contributed by atoms with Crippen molar-refractivity contribution >= 4 is 5.91 Å². The van der Waals surface area contributed by atoms with Crippen molar-refractivity contribution in [3.63, 3.8) is 0 Å². The summed E-state index contributed by atoms with van der Waals surface area (Å²) in [6.45, 7) is 3.19. The van der Waals surface area contributed by atoms with Gasteiger partial charge in [0.2, 0.25) is 0 Å². The summed E-state index contributed by atoms with van der Waals surface area (Å²) in [4.78, 5) is 10.6. The summed E-state index contributed by atoms with van der Waals surface area (Å²) >= 11 is 0. The lowest BCUT2D eigenvalue weighted by atomic mass is 9.99. The van der Waals surface area contributed by atoms with Gasteiger partial charge in [-0.25, -0.2) is 0 Å². The van der Waals surface area contributed by atoms with Gasteiger partial charge in [-0.05, 0) is 17.5 Å². The highest BCUT2D eigenvalue weighted by Crippen LogP contribution is 2.28. The first kappa shape index (κ1) is 16.3. The van der Waals surface area contributed by atoms with Gasteiger partial charge < -0.3 is 15.5 Å². The number of alkyl halides is 3. The van der Waals surface area contributed by atoms with Crippen LogP contribution in [-0.2, 0) is 4.79 Å². The van der Waals surface area contributed by atoms with E-state index in [1.54, 1.807) is 11.4 Å². The Morgan fingerprint density at radius 1 is 1.35 bits per heavy atom. The maximum atomic E-state index is 12.0. The summed E-state index contributed by atoms with van der Waals surface area (Å²) in [5, 5.41) is 21.0. The minimum Gasteiger partial charge on any atom is -0.508 e. The number of carbonyl (C=O) groups excluding carboxylic acids is 1. The van der Waals surface area contributed by atoms with Crippen molar-refractivity contribution in [1.82, 2.24) is 5.32 Å². The minimum atomic E-state index is -5.00. The molecule has 1 aromatic rings. The van der Waals surface area contributed by atoms with Crippen LogP contribution in [-0.4, -0.2) is 28.8 Å². The molecule has 0 saturated heterocycles. The largest absolute Gasteiger partial charge is 0.508 e. The van der Waals surface area contributed by atoms with Crippen LogP contribution in [0, 0.1) is 0 Å². The molecule has 7 heteroatoms.